The molecule has 7 rings (SSSR count). The van der Waals surface area contributed by atoms with Gasteiger partial charge >= 0.3 is 0 Å². The highest BCUT2D eigenvalue weighted by molar-refractivity contribution is 5.81. The van der Waals surface area contributed by atoms with Crippen LogP contribution >= 0.6 is 0 Å². The number of nitrogens with zero attached hydrogens (tertiary/aromatic N) is 2. The van der Waals surface area contributed by atoms with E-state index in [9.17, 15) is 10.2 Å². The fourth-order valence-electron chi connectivity index (χ4n) is 6.81. The Balaban J connectivity index is 0.925. The summed E-state index contributed by atoms with van der Waals surface area (Å²) >= 11 is 0. The Hall–Kier alpha value is -4.16. The predicted octanol–water partition coefficient (Wildman–Crippen LogP) is 5.22. The fraction of sp³-hybridized carbons (Fsp3) is 0.263. The maximum absolute atomic E-state index is 11.7. The average molecular weight is 551 g/mol. The van der Waals surface area contributed by atoms with Crippen LogP contribution in [-0.4, -0.2) is 59.3 Å². The molecule has 3 aliphatic rings. The highest BCUT2D eigenvalue weighted by Crippen LogP contribution is 2.49. The Labute approximate surface area is 248 Å². The van der Waals surface area contributed by atoms with Gasteiger partial charge in [0, 0.05) is 39.0 Å². The molecule has 0 amide bonds. The van der Waals surface area contributed by atoms with E-state index >= 15 is 0 Å². The summed E-state index contributed by atoms with van der Waals surface area (Å²) in [6.45, 7) is 5.16. The summed E-state index contributed by atoms with van der Waals surface area (Å²) in [6, 6.07) is 32.4. The molecule has 2 N–H and O–H groups in total. The Bertz CT molecular complexity index is 1540. The SMILES string of the molecule is OC1(CC#CCN2CCN(CC#CCC3(O)c4ccccc4-c4ccccc43)CC2)c2ccccc2-c2ccccc21. The summed E-state index contributed by atoms with van der Waals surface area (Å²) in [7, 11) is 0. The van der Waals surface area contributed by atoms with E-state index in [1.165, 1.54) is 0 Å². The number of piperazine rings is 1. The van der Waals surface area contributed by atoms with Crippen molar-refractivity contribution in [1.82, 2.24) is 9.80 Å². The molecule has 0 radical (unpaired) electrons. The molecule has 0 bridgehead atoms. The molecule has 0 atom stereocenters. The lowest BCUT2D eigenvalue weighted by Crippen LogP contribution is -2.46. The van der Waals surface area contributed by atoms with Gasteiger partial charge in [-0.05, 0) is 44.5 Å². The molecule has 1 aliphatic heterocycles. The minimum Gasteiger partial charge on any atom is -0.379 e. The van der Waals surface area contributed by atoms with Gasteiger partial charge in [0.05, 0.1) is 13.1 Å². The minimum absolute atomic E-state index is 0.387. The predicted molar refractivity (Wildman–Crippen MR) is 167 cm³/mol. The van der Waals surface area contributed by atoms with Crippen molar-refractivity contribution in [2.45, 2.75) is 24.0 Å². The summed E-state index contributed by atoms with van der Waals surface area (Å²) in [5.41, 5.74) is 6.07. The second kappa shape index (κ2) is 10.9. The van der Waals surface area contributed by atoms with Crippen LogP contribution in [-0.2, 0) is 11.2 Å². The van der Waals surface area contributed by atoms with E-state index in [1.807, 2.05) is 72.8 Å². The second-order valence-electron chi connectivity index (χ2n) is 11.5. The van der Waals surface area contributed by atoms with Crippen LogP contribution in [0.25, 0.3) is 22.3 Å². The molecule has 4 aromatic carbocycles. The van der Waals surface area contributed by atoms with Crippen molar-refractivity contribution >= 4 is 0 Å². The van der Waals surface area contributed by atoms with Gasteiger partial charge in [0.2, 0.25) is 0 Å². The zero-order chi connectivity index (χ0) is 28.6. The molecule has 2 aliphatic carbocycles. The topological polar surface area (TPSA) is 46.9 Å². The van der Waals surface area contributed by atoms with Gasteiger partial charge in [0.25, 0.3) is 0 Å². The second-order valence-corrected chi connectivity index (χ2v) is 11.5. The first-order valence-corrected chi connectivity index (χ1v) is 14.8. The number of benzene rings is 4. The van der Waals surface area contributed by atoms with E-state index in [2.05, 4.69) is 57.7 Å². The number of aliphatic hydroxyl groups is 2. The van der Waals surface area contributed by atoms with Crippen molar-refractivity contribution < 1.29 is 10.2 Å². The van der Waals surface area contributed by atoms with Gasteiger partial charge in [-0.25, -0.2) is 0 Å². The van der Waals surface area contributed by atoms with Crippen molar-refractivity contribution in [3.05, 3.63) is 119 Å². The lowest BCUT2D eigenvalue weighted by Gasteiger charge is -2.32. The van der Waals surface area contributed by atoms with Crippen molar-refractivity contribution in [3.8, 4) is 45.9 Å². The Morgan fingerprint density at radius 1 is 0.452 bits per heavy atom. The fourth-order valence-corrected chi connectivity index (χ4v) is 6.81. The molecule has 208 valence electrons. The molecule has 0 saturated carbocycles. The lowest BCUT2D eigenvalue weighted by atomic mass is 9.88. The van der Waals surface area contributed by atoms with Gasteiger partial charge < -0.3 is 10.2 Å². The van der Waals surface area contributed by atoms with Gasteiger partial charge in [-0.2, -0.15) is 0 Å². The van der Waals surface area contributed by atoms with Crippen molar-refractivity contribution in [1.29, 1.82) is 0 Å². The summed E-state index contributed by atoms with van der Waals surface area (Å²) in [5, 5.41) is 23.4. The van der Waals surface area contributed by atoms with E-state index in [1.54, 1.807) is 0 Å². The molecular formula is C38H34N2O2. The minimum atomic E-state index is -1.06. The Morgan fingerprint density at radius 3 is 1.05 bits per heavy atom. The van der Waals surface area contributed by atoms with E-state index < -0.39 is 11.2 Å². The Morgan fingerprint density at radius 2 is 0.738 bits per heavy atom. The molecule has 0 unspecified atom stereocenters. The summed E-state index contributed by atoms with van der Waals surface area (Å²) in [5.74, 6) is 13.2. The quantitative estimate of drug-likeness (QED) is 0.342. The molecule has 42 heavy (non-hydrogen) atoms. The van der Waals surface area contributed by atoms with Crippen molar-refractivity contribution in [3.63, 3.8) is 0 Å². The molecule has 0 aromatic heterocycles. The number of fused-ring (bicyclic) bond motifs is 6. The normalized spacial score (nSPS) is 17.6. The summed E-state index contributed by atoms with van der Waals surface area (Å²) in [6.07, 6.45) is 0.774. The largest absolute Gasteiger partial charge is 0.379 e. The van der Waals surface area contributed by atoms with Gasteiger partial charge in [-0.15, -0.1) is 0 Å². The molecule has 4 aromatic rings. The lowest BCUT2D eigenvalue weighted by molar-refractivity contribution is 0.0909. The molecular weight excluding hydrogens is 516 g/mol. The van der Waals surface area contributed by atoms with Gasteiger partial charge in [0.15, 0.2) is 0 Å². The summed E-state index contributed by atoms with van der Waals surface area (Å²) < 4.78 is 0. The highest BCUT2D eigenvalue weighted by Gasteiger charge is 2.41. The third-order valence-corrected chi connectivity index (χ3v) is 9.08. The van der Waals surface area contributed by atoms with E-state index in [4.69, 9.17) is 0 Å². The monoisotopic (exact) mass is 550 g/mol. The average Bonchev–Trinajstić information content (AvgIpc) is 3.45. The van der Waals surface area contributed by atoms with Crippen LogP contribution in [0.4, 0.5) is 0 Å². The van der Waals surface area contributed by atoms with E-state index in [-0.39, 0.29) is 0 Å². The molecule has 4 nitrogen and oxygen atoms in total. The van der Waals surface area contributed by atoms with Gasteiger partial charge in [0.1, 0.15) is 11.2 Å². The molecule has 0 spiro atoms. The number of hydrogen-bond donors (Lipinski definition) is 2. The highest BCUT2D eigenvalue weighted by atomic mass is 16.3. The molecule has 1 fully saturated rings. The zero-order valence-electron chi connectivity index (χ0n) is 23.7. The van der Waals surface area contributed by atoms with Crippen LogP contribution in [0.5, 0.6) is 0 Å². The third kappa shape index (κ3) is 4.54. The van der Waals surface area contributed by atoms with Crippen LogP contribution < -0.4 is 0 Å². The van der Waals surface area contributed by atoms with Crippen LogP contribution in [0, 0.1) is 23.7 Å². The van der Waals surface area contributed by atoms with Crippen LogP contribution in [0.15, 0.2) is 97.1 Å². The number of hydrogen-bond acceptors (Lipinski definition) is 4. The molecule has 1 saturated heterocycles. The standard InChI is InChI=1S/C38H34N2O2/c41-37(33-17-5-1-13-29(33)30-14-2-6-18-34(30)37)21-9-11-23-39-25-27-40(28-26-39)24-12-10-22-38(42)35-19-7-3-15-31(35)32-16-4-8-20-36(32)38/h1-8,13-20,41-42H,21-28H2. The first-order valence-electron chi connectivity index (χ1n) is 14.8. The third-order valence-electron chi connectivity index (χ3n) is 9.08. The van der Waals surface area contributed by atoms with Gasteiger partial charge in [-0.3, -0.25) is 9.80 Å². The first-order chi connectivity index (χ1) is 20.6. The smallest absolute Gasteiger partial charge is 0.127 e. The maximum atomic E-state index is 11.7. The maximum Gasteiger partial charge on any atom is 0.127 e. The van der Waals surface area contributed by atoms with Crippen LogP contribution in [0.1, 0.15) is 35.1 Å². The van der Waals surface area contributed by atoms with Crippen molar-refractivity contribution in [2.24, 2.45) is 0 Å². The first kappa shape index (κ1) is 26.7. The van der Waals surface area contributed by atoms with Crippen LogP contribution in [0.3, 0.4) is 0 Å². The van der Waals surface area contributed by atoms with Gasteiger partial charge in [-0.1, -0.05) is 121 Å². The van der Waals surface area contributed by atoms with E-state index in [0.29, 0.717) is 25.9 Å². The number of rotatable bonds is 4. The zero-order valence-corrected chi connectivity index (χ0v) is 23.7. The Kier molecular flexibility index (Phi) is 6.95. The van der Waals surface area contributed by atoms with E-state index in [0.717, 1.165) is 70.7 Å². The molecule has 4 heteroatoms. The van der Waals surface area contributed by atoms with Crippen molar-refractivity contribution in [2.75, 3.05) is 39.3 Å². The molecule has 1 heterocycles. The summed E-state index contributed by atoms with van der Waals surface area (Å²) in [4.78, 5) is 4.74. The van der Waals surface area contributed by atoms with Crippen LogP contribution in [0.2, 0.25) is 0 Å².